The normalized spacial score (nSPS) is 17.5. The van der Waals surface area contributed by atoms with Crippen LogP contribution in [0.15, 0.2) is 47.5 Å². The molecular weight excluding hydrogens is 422 g/mol. The monoisotopic (exact) mass is 451 g/mol. The highest BCUT2D eigenvalue weighted by molar-refractivity contribution is 7.98. The van der Waals surface area contributed by atoms with Gasteiger partial charge in [-0.15, -0.1) is 23.1 Å². The van der Waals surface area contributed by atoms with Gasteiger partial charge in [-0.3, -0.25) is 0 Å². The zero-order valence-electron chi connectivity index (χ0n) is 18.2. The maximum Gasteiger partial charge on any atom is 0.318 e. The molecule has 0 bridgehead atoms. The van der Waals surface area contributed by atoms with Gasteiger partial charge in [0.25, 0.3) is 0 Å². The van der Waals surface area contributed by atoms with E-state index in [1.165, 1.54) is 50.9 Å². The van der Waals surface area contributed by atoms with Crippen LogP contribution < -0.4 is 5.32 Å². The molecule has 0 saturated carbocycles. The fourth-order valence-corrected chi connectivity index (χ4v) is 6.67. The first kappa shape index (κ1) is 20.7. The highest BCUT2D eigenvalue weighted by atomic mass is 32.2. The van der Waals surface area contributed by atoms with Gasteiger partial charge in [0.2, 0.25) is 0 Å². The number of hydrogen-bond donors (Lipinski definition) is 1. The van der Waals surface area contributed by atoms with E-state index in [-0.39, 0.29) is 12.1 Å². The first-order chi connectivity index (χ1) is 15.2. The van der Waals surface area contributed by atoms with E-state index in [4.69, 9.17) is 0 Å². The van der Waals surface area contributed by atoms with Crippen LogP contribution in [0.1, 0.15) is 59.5 Å². The molecule has 0 fully saturated rings. The molecule has 2 aliphatic rings. The van der Waals surface area contributed by atoms with Crippen molar-refractivity contribution in [3.8, 4) is 5.00 Å². The SMILES string of the molecule is CCCNC(=O)N1Cc2c(sc3c2CCCC3)-n2cccc2C1c1ccc(SC)cc1. The number of benzene rings is 1. The lowest BCUT2D eigenvalue weighted by Crippen LogP contribution is -2.42. The zero-order valence-corrected chi connectivity index (χ0v) is 19.8. The number of fused-ring (bicyclic) bond motifs is 5. The van der Waals surface area contributed by atoms with Crippen LogP contribution in [0.4, 0.5) is 4.79 Å². The van der Waals surface area contributed by atoms with Crippen LogP contribution >= 0.6 is 23.1 Å². The molecule has 1 aliphatic heterocycles. The highest BCUT2D eigenvalue weighted by Crippen LogP contribution is 2.44. The maximum atomic E-state index is 13.5. The molecule has 6 heteroatoms. The smallest absolute Gasteiger partial charge is 0.318 e. The van der Waals surface area contributed by atoms with E-state index >= 15 is 0 Å². The number of thiophene rings is 1. The Balaban J connectivity index is 1.66. The number of aryl methyl sites for hydroxylation is 1. The number of aromatic nitrogens is 1. The van der Waals surface area contributed by atoms with Gasteiger partial charge < -0.3 is 14.8 Å². The van der Waals surface area contributed by atoms with Crippen LogP contribution in [0.3, 0.4) is 0 Å². The highest BCUT2D eigenvalue weighted by Gasteiger charge is 2.35. The Morgan fingerprint density at radius 3 is 2.74 bits per heavy atom. The molecular formula is C25H29N3OS2. The Morgan fingerprint density at radius 1 is 1.16 bits per heavy atom. The third kappa shape index (κ3) is 3.70. The van der Waals surface area contributed by atoms with Crippen molar-refractivity contribution < 1.29 is 4.79 Å². The number of carbonyl (C=O) groups excluding carboxylic acids is 1. The van der Waals surface area contributed by atoms with Crippen LogP contribution in [0.5, 0.6) is 0 Å². The van der Waals surface area contributed by atoms with E-state index in [1.807, 2.05) is 11.3 Å². The van der Waals surface area contributed by atoms with E-state index in [9.17, 15) is 4.79 Å². The minimum atomic E-state index is -0.110. The Bertz CT molecular complexity index is 1080. The second-order valence-corrected chi connectivity index (χ2v) is 10.3. The van der Waals surface area contributed by atoms with Crippen molar-refractivity contribution in [2.45, 2.75) is 56.5 Å². The van der Waals surface area contributed by atoms with Crippen molar-refractivity contribution >= 4 is 29.1 Å². The van der Waals surface area contributed by atoms with Gasteiger partial charge >= 0.3 is 6.03 Å². The second kappa shape index (κ2) is 8.75. The quantitative estimate of drug-likeness (QED) is 0.482. The van der Waals surface area contributed by atoms with Gasteiger partial charge in [0.1, 0.15) is 5.00 Å². The third-order valence-electron chi connectivity index (χ3n) is 6.40. The van der Waals surface area contributed by atoms with E-state index < -0.39 is 0 Å². The molecule has 0 saturated heterocycles. The minimum absolute atomic E-state index is 0.0251. The summed E-state index contributed by atoms with van der Waals surface area (Å²) in [5.74, 6) is 0. The predicted octanol–water partition coefficient (Wildman–Crippen LogP) is 6.16. The van der Waals surface area contributed by atoms with Crippen LogP contribution in [0.2, 0.25) is 0 Å². The number of amides is 2. The maximum absolute atomic E-state index is 13.5. The summed E-state index contributed by atoms with van der Waals surface area (Å²) in [6.45, 7) is 3.45. The number of carbonyl (C=O) groups is 1. The van der Waals surface area contributed by atoms with E-state index in [1.54, 1.807) is 11.8 Å². The van der Waals surface area contributed by atoms with Crippen molar-refractivity contribution in [2.24, 2.45) is 0 Å². The molecule has 3 heterocycles. The Kier molecular flexibility index (Phi) is 5.85. The molecule has 1 unspecified atom stereocenters. The lowest BCUT2D eigenvalue weighted by atomic mass is 9.95. The summed E-state index contributed by atoms with van der Waals surface area (Å²) in [7, 11) is 0. The van der Waals surface area contributed by atoms with Gasteiger partial charge in [-0.05, 0) is 73.8 Å². The largest absolute Gasteiger partial charge is 0.338 e. The molecule has 1 aliphatic carbocycles. The van der Waals surface area contributed by atoms with Crippen molar-refractivity contribution in [1.82, 2.24) is 14.8 Å². The lowest BCUT2D eigenvalue weighted by Gasteiger charge is -2.31. The van der Waals surface area contributed by atoms with Crippen LogP contribution in [0.25, 0.3) is 5.00 Å². The molecule has 1 atom stereocenters. The Labute approximate surface area is 192 Å². The average molecular weight is 452 g/mol. The van der Waals surface area contributed by atoms with Crippen molar-refractivity contribution in [1.29, 1.82) is 0 Å². The lowest BCUT2D eigenvalue weighted by molar-refractivity contribution is 0.180. The summed E-state index contributed by atoms with van der Waals surface area (Å²) in [4.78, 5) is 18.3. The molecule has 4 nitrogen and oxygen atoms in total. The topological polar surface area (TPSA) is 37.3 Å². The second-order valence-electron chi connectivity index (χ2n) is 8.33. The fourth-order valence-electron chi connectivity index (χ4n) is 4.86. The Morgan fingerprint density at radius 2 is 1.97 bits per heavy atom. The molecule has 5 rings (SSSR count). The number of nitrogens with one attached hydrogen (secondary N) is 1. The molecule has 31 heavy (non-hydrogen) atoms. The summed E-state index contributed by atoms with van der Waals surface area (Å²) in [5, 5.41) is 4.46. The molecule has 0 radical (unpaired) electrons. The standard InChI is InChI=1S/C25H29N3OS2/c1-3-14-26-25(29)28-16-20-19-7-4-5-9-22(19)31-24(20)27-15-6-8-21(27)23(28)17-10-12-18(30-2)13-11-17/h6,8,10-13,15,23H,3-5,7,9,14,16H2,1-2H3,(H,26,29). The van der Waals surface area contributed by atoms with E-state index in [2.05, 4.69) is 70.6 Å². The first-order valence-corrected chi connectivity index (χ1v) is 13.2. The number of thioether (sulfide) groups is 1. The van der Waals surface area contributed by atoms with Gasteiger partial charge in [0, 0.05) is 28.1 Å². The number of urea groups is 1. The molecule has 1 aromatic carbocycles. The van der Waals surface area contributed by atoms with Crippen LogP contribution in [-0.2, 0) is 19.4 Å². The molecule has 0 spiro atoms. The zero-order chi connectivity index (χ0) is 21.4. The number of rotatable bonds is 4. The van der Waals surface area contributed by atoms with Gasteiger partial charge in [-0.2, -0.15) is 0 Å². The van der Waals surface area contributed by atoms with Crippen molar-refractivity contribution in [3.05, 3.63) is 69.9 Å². The molecule has 162 valence electrons. The first-order valence-electron chi connectivity index (χ1n) is 11.2. The predicted molar refractivity (Wildman–Crippen MR) is 130 cm³/mol. The Hall–Kier alpha value is -2.18. The van der Waals surface area contributed by atoms with Crippen LogP contribution in [-0.4, -0.2) is 28.3 Å². The third-order valence-corrected chi connectivity index (χ3v) is 8.47. The molecule has 3 aromatic rings. The molecule has 2 amide bonds. The summed E-state index contributed by atoms with van der Waals surface area (Å²) >= 11 is 3.68. The van der Waals surface area contributed by atoms with Crippen molar-refractivity contribution in [3.63, 3.8) is 0 Å². The summed E-state index contributed by atoms with van der Waals surface area (Å²) < 4.78 is 2.35. The van der Waals surface area contributed by atoms with Gasteiger partial charge in [0.15, 0.2) is 0 Å². The summed E-state index contributed by atoms with van der Waals surface area (Å²) in [5.41, 5.74) is 5.18. The fraction of sp³-hybridized carbons (Fsp3) is 0.400. The average Bonchev–Trinajstić information content (AvgIpc) is 3.39. The van der Waals surface area contributed by atoms with Crippen molar-refractivity contribution in [2.75, 3.05) is 12.8 Å². The summed E-state index contributed by atoms with van der Waals surface area (Å²) in [6, 6.07) is 12.9. The molecule has 1 N–H and O–H groups in total. The van der Waals surface area contributed by atoms with E-state index in [0.29, 0.717) is 13.1 Å². The van der Waals surface area contributed by atoms with Gasteiger partial charge in [-0.1, -0.05) is 19.1 Å². The van der Waals surface area contributed by atoms with Gasteiger partial charge in [-0.25, -0.2) is 4.79 Å². The minimum Gasteiger partial charge on any atom is -0.338 e. The van der Waals surface area contributed by atoms with Crippen LogP contribution in [0, 0.1) is 0 Å². The van der Waals surface area contributed by atoms with Gasteiger partial charge in [0.05, 0.1) is 18.3 Å². The molecule has 2 aromatic heterocycles. The number of nitrogens with zero attached hydrogens (tertiary/aromatic N) is 2. The van der Waals surface area contributed by atoms with E-state index in [0.717, 1.165) is 18.4 Å². The summed E-state index contributed by atoms with van der Waals surface area (Å²) in [6.07, 6.45) is 10.0. The number of hydrogen-bond acceptors (Lipinski definition) is 3.